The zero-order chi connectivity index (χ0) is 17.9. The van der Waals surface area contributed by atoms with Crippen molar-refractivity contribution in [1.82, 2.24) is 20.1 Å². The molecular formula is C20H22N4O2. The van der Waals surface area contributed by atoms with Crippen LogP contribution < -0.4 is 4.74 Å². The Kier molecular flexibility index (Phi) is 4.67. The first-order valence-corrected chi connectivity index (χ1v) is 8.90. The van der Waals surface area contributed by atoms with Crippen LogP contribution in [0.4, 0.5) is 0 Å². The highest BCUT2D eigenvalue weighted by molar-refractivity contribution is 5.65. The Bertz CT molecular complexity index is 854. The third kappa shape index (κ3) is 3.60. The molecule has 0 radical (unpaired) electrons. The van der Waals surface area contributed by atoms with Crippen LogP contribution in [-0.4, -0.2) is 46.3 Å². The van der Waals surface area contributed by atoms with Crippen molar-refractivity contribution >= 4 is 0 Å². The van der Waals surface area contributed by atoms with Gasteiger partial charge in [-0.1, -0.05) is 29.8 Å². The zero-order valence-electron chi connectivity index (χ0n) is 15.1. The summed E-state index contributed by atoms with van der Waals surface area (Å²) in [5, 5.41) is 8.65. The average Bonchev–Trinajstić information content (AvgIpc) is 3.19. The summed E-state index contributed by atoms with van der Waals surface area (Å²) >= 11 is 0. The lowest BCUT2D eigenvalue weighted by molar-refractivity contribution is 0.110. The number of rotatable bonds is 4. The summed E-state index contributed by atoms with van der Waals surface area (Å²) in [6.45, 7) is 4.10. The van der Waals surface area contributed by atoms with Crippen LogP contribution in [0.3, 0.4) is 0 Å². The summed E-state index contributed by atoms with van der Waals surface area (Å²) < 4.78 is 11.7. The number of aromatic nitrogens is 3. The number of piperidine rings is 1. The largest absolute Gasteiger partial charge is 0.473 e. The first-order chi connectivity index (χ1) is 12.7. The molecule has 26 heavy (non-hydrogen) atoms. The fourth-order valence-corrected chi connectivity index (χ4v) is 3.06. The van der Waals surface area contributed by atoms with Crippen LogP contribution in [0.15, 0.2) is 47.1 Å². The van der Waals surface area contributed by atoms with E-state index in [1.54, 1.807) is 6.26 Å². The number of benzene rings is 1. The molecular weight excluding hydrogens is 328 g/mol. The van der Waals surface area contributed by atoms with Crippen LogP contribution in [0, 0.1) is 6.92 Å². The zero-order valence-corrected chi connectivity index (χ0v) is 15.1. The van der Waals surface area contributed by atoms with Gasteiger partial charge in [-0.25, -0.2) is 0 Å². The van der Waals surface area contributed by atoms with Crippen molar-refractivity contribution in [1.29, 1.82) is 0 Å². The molecule has 3 heterocycles. The number of nitrogens with zero attached hydrogens (tertiary/aromatic N) is 4. The standard InChI is InChI=1S/C20H22N4O2/c1-14-5-7-15(8-6-14)18-20(26-16-9-11-24(2)12-10-16)21-19(23-22-18)17-4-3-13-25-17/h3-8,13,16H,9-12H2,1-2H3. The topological polar surface area (TPSA) is 64.3 Å². The molecule has 1 saturated heterocycles. The second-order valence-corrected chi connectivity index (χ2v) is 6.75. The molecule has 0 aliphatic carbocycles. The Labute approximate surface area is 152 Å². The van der Waals surface area contributed by atoms with E-state index in [0.29, 0.717) is 23.2 Å². The minimum Gasteiger partial charge on any atom is -0.473 e. The third-order valence-electron chi connectivity index (χ3n) is 4.67. The molecule has 2 aromatic heterocycles. The van der Waals surface area contributed by atoms with E-state index in [-0.39, 0.29) is 6.10 Å². The van der Waals surface area contributed by atoms with Crippen LogP contribution in [0.2, 0.25) is 0 Å². The van der Waals surface area contributed by atoms with Crippen LogP contribution >= 0.6 is 0 Å². The number of ether oxygens (including phenoxy) is 1. The van der Waals surface area contributed by atoms with E-state index in [1.165, 1.54) is 5.56 Å². The van der Waals surface area contributed by atoms with Gasteiger partial charge in [-0.05, 0) is 38.9 Å². The predicted molar refractivity (Wildman–Crippen MR) is 98.8 cm³/mol. The smallest absolute Gasteiger partial charge is 0.245 e. The van der Waals surface area contributed by atoms with Crippen molar-refractivity contribution < 1.29 is 9.15 Å². The molecule has 0 atom stereocenters. The van der Waals surface area contributed by atoms with E-state index in [4.69, 9.17) is 9.15 Å². The maximum absolute atomic E-state index is 6.28. The number of likely N-dealkylation sites (tertiary alicyclic amines) is 1. The van der Waals surface area contributed by atoms with Crippen LogP contribution in [0.25, 0.3) is 22.8 Å². The van der Waals surface area contributed by atoms with Crippen molar-refractivity contribution in [2.45, 2.75) is 25.9 Å². The van der Waals surface area contributed by atoms with Gasteiger partial charge in [0.1, 0.15) is 6.10 Å². The van der Waals surface area contributed by atoms with Gasteiger partial charge in [0.2, 0.25) is 11.7 Å². The predicted octanol–water partition coefficient (Wildman–Crippen LogP) is 3.58. The molecule has 3 aromatic rings. The fourth-order valence-electron chi connectivity index (χ4n) is 3.06. The monoisotopic (exact) mass is 350 g/mol. The lowest BCUT2D eigenvalue weighted by Crippen LogP contribution is -2.36. The van der Waals surface area contributed by atoms with Crippen molar-refractivity contribution in [2.75, 3.05) is 20.1 Å². The Balaban J connectivity index is 1.69. The molecule has 0 amide bonds. The number of hydrogen-bond acceptors (Lipinski definition) is 6. The molecule has 4 rings (SSSR count). The molecule has 0 saturated carbocycles. The molecule has 1 aromatic carbocycles. The minimum absolute atomic E-state index is 0.136. The van der Waals surface area contributed by atoms with Gasteiger partial charge in [-0.15, -0.1) is 10.2 Å². The highest BCUT2D eigenvalue weighted by Crippen LogP contribution is 2.30. The maximum atomic E-state index is 6.28. The molecule has 6 nitrogen and oxygen atoms in total. The van der Waals surface area contributed by atoms with E-state index in [2.05, 4.69) is 46.2 Å². The first-order valence-electron chi connectivity index (χ1n) is 8.90. The second kappa shape index (κ2) is 7.25. The lowest BCUT2D eigenvalue weighted by Gasteiger charge is -2.29. The quantitative estimate of drug-likeness (QED) is 0.717. The Morgan fingerprint density at radius 3 is 2.54 bits per heavy atom. The third-order valence-corrected chi connectivity index (χ3v) is 4.67. The Hall–Kier alpha value is -2.73. The summed E-state index contributed by atoms with van der Waals surface area (Å²) in [6, 6.07) is 11.8. The van der Waals surface area contributed by atoms with E-state index in [0.717, 1.165) is 31.5 Å². The molecule has 6 heteroatoms. The normalized spacial score (nSPS) is 15.9. The van der Waals surface area contributed by atoms with Crippen molar-refractivity contribution in [3.05, 3.63) is 48.2 Å². The number of hydrogen-bond donors (Lipinski definition) is 0. The first kappa shape index (κ1) is 16.7. The highest BCUT2D eigenvalue weighted by Gasteiger charge is 2.22. The summed E-state index contributed by atoms with van der Waals surface area (Å²) in [5.41, 5.74) is 2.81. The van der Waals surface area contributed by atoms with Gasteiger partial charge in [-0.3, -0.25) is 0 Å². The molecule has 1 fully saturated rings. The van der Waals surface area contributed by atoms with Crippen molar-refractivity contribution in [3.63, 3.8) is 0 Å². The molecule has 1 aliphatic heterocycles. The molecule has 0 bridgehead atoms. The van der Waals surface area contributed by atoms with Gasteiger partial charge >= 0.3 is 0 Å². The maximum Gasteiger partial charge on any atom is 0.245 e. The summed E-state index contributed by atoms with van der Waals surface area (Å²) in [7, 11) is 2.13. The lowest BCUT2D eigenvalue weighted by atomic mass is 10.1. The SMILES string of the molecule is Cc1ccc(-c2nnc(-c3ccco3)nc2OC2CCN(C)CC2)cc1. The highest BCUT2D eigenvalue weighted by atomic mass is 16.5. The molecule has 1 aliphatic rings. The van der Waals surface area contributed by atoms with E-state index >= 15 is 0 Å². The van der Waals surface area contributed by atoms with Gasteiger partial charge < -0.3 is 14.1 Å². The molecule has 0 N–H and O–H groups in total. The minimum atomic E-state index is 0.136. The van der Waals surface area contributed by atoms with Gasteiger partial charge in [0, 0.05) is 18.7 Å². The molecule has 134 valence electrons. The van der Waals surface area contributed by atoms with Gasteiger partial charge in [0.15, 0.2) is 11.5 Å². The second-order valence-electron chi connectivity index (χ2n) is 6.75. The summed E-state index contributed by atoms with van der Waals surface area (Å²) in [5.74, 6) is 1.54. The van der Waals surface area contributed by atoms with Gasteiger partial charge in [-0.2, -0.15) is 4.98 Å². The van der Waals surface area contributed by atoms with E-state index in [9.17, 15) is 0 Å². The van der Waals surface area contributed by atoms with Gasteiger partial charge in [0.05, 0.1) is 6.26 Å². The van der Waals surface area contributed by atoms with Crippen LogP contribution in [-0.2, 0) is 0 Å². The van der Waals surface area contributed by atoms with Crippen LogP contribution in [0.1, 0.15) is 18.4 Å². The van der Waals surface area contributed by atoms with Crippen molar-refractivity contribution in [3.8, 4) is 28.7 Å². The van der Waals surface area contributed by atoms with Crippen LogP contribution in [0.5, 0.6) is 5.88 Å². The number of furan rings is 1. The Morgan fingerprint density at radius 2 is 1.85 bits per heavy atom. The number of aryl methyl sites for hydroxylation is 1. The fraction of sp³-hybridized carbons (Fsp3) is 0.350. The van der Waals surface area contributed by atoms with Gasteiger partial charge in [0.25, 0.3) is 0 Å². The average molecular weight is 350 g/mol. The summed E-state index contributed by atoms with van der Waals surface area (Å²) in [6.07, 6.45) is 3.69. The van der Waals surface area contributed by atoms with E-state index < -0.39 is 0 Å². The van der Waals surface area contributed by atoms with Crippen molar-refractivity contribution in [2.24, 2.45) is 0 Å². The molecule has 0 spiro atoms. The summed E-state index contributed by atoms with van der Waals surface area (Å²) in [4.78, 5) is 6.94. The van der Waals surface area contributed by atoms with E-state index in [1.807, 2.05) is 24.3 Å². The Morgan fingerprint density at radius 1 is 1.08 bits per heavy atom. The molecule has 0 unspecified atom stereocenters.